The van der Waals surface area contributed by atoms with Crippen molar-refractivity contribution in [1.29, 1.82) is 0 Å². The highest BCUT2D eigenvalue weighted by Crippen LogP contribution is 2.34. The van der Waals surface area contributed by atoms with Gasteiger partial charge in [-0.15, -0.1) is 0 Å². The Kier molecular flexibility index (Phi) is 44.0. The van der Waals surface area contributed by atoms with Gasteiger partial charge < -0.3 is 88.2 Å². The Labute approximate surface area is 798 Å². The molecule has 13 rings (SSSR count). The highest BCUT2D eigenvalue weighted by molar-refractivity contribution is 7.86. The van der Waals surface area contributed by atoms with Gasteiger partial charge in [-0.1, -0.05) is 76.2 Å². The average Bonchev–Trinajstić information content (AvgIpc) is 1.80. The number of nitrogen functional groups attached to an aromatic ring is 1. The topological polar surface area (TPSA) is 414 Å². The number of aliphatic hydroxyl groups excluding tert-OH is 1. The number of ether oxygens (including phenoxy) is 9. The van der Waals surface area contributed by atoms with E-state index < -0.39 is 47.8 Å². The number of para-hydroxylation sites is 1. The molecule has 132 heavy (non-hydrogen) atoms. The van der Waals surface area contributed by atoms with Crippen LogP contribution in [0.2, 0.25) is 25.1 Å². The Morgan fingerprint density at radius 2 is 0.765 bits per heavy atom. The lowest BCUT2D eigenvalue weighted by molar-refractivity contribution is -0.385. The molecule has 5 N–H and O–H groups in total. The van der Waals surface area contributed by atoms with E-state index in [0.29, 0.717) is 150 Å². The summed E-state index contributed by atoms with van der Waals surface area (Å²) in [7, 11) is 2.91. The molecule has 7 fully saturated rings. The lowest BCUT2D eigenvalue weighted by Crippen LogP contribution is -2.35. The summed E-state index contributed by atoms with van der Waals surface area (Å²) in [5, 5.41) is 49.0. The van der Waals surface area contributed by atoms with Crippen LogP contribution in [-0.4, -0.2) is 264 Å². The monoisotopic (exact) mass is 1960 g/mol. The molecular weight excluding hydrogens is 1840 g/mol. The summed E-state index contributed by atoms with van der Waals surface area (Å²) >= 11 is 29.5. The third-order valence-electron chi connectivity index (χ3n) is 20.8. The van der Waals surface area contributed by atoms with Crippen molar-refractivity contribution in [3.63, 3.8) is 0 Å². The number of nitrogens with zero attached hydrogens (tertiary/aromatic N) is 9. The number of rotatable bonds is 24. The number of benzene rings is 6. The Balaban J connectivity index is 0.000000212. The van der Waals surface area contributed by atoms with Crippen molar-refractivity contribution in [2.75, 3.05) is 176 Å². The highest BCUT2D eigenvalue weighted by Gasteiger charge is 2.34. The Morgan fingerprint density at radius 1 is 0.439 bits per heavy atom. The van der Waals surface area contributed by atoms with Crippen molar-refractivity contribution in [3.05, 3.63) is 177 Å². The van der Waals surface area contributed by atoms with E-state index >= 15 is 0 Å². The first-order chi connectivity index (χ1) is 62.0. The van der Waals surface area contributed by atoms with Gasteiger partial charge in [-0.05, 0) is 209 Å². The van der Waals surface area contributed by atoms with Crippen LogP contribution in [0.15, 0.2) is 121 Å². The summed E-state index contributed by atoms with van der Waals surface area (Å²) < 4.78 is 75.8. The lowest BCUT2D eigenvalue weighted by atomic mass is 10.1. The van der Waals surface area contributed by atoms with Crippen LogP contribution < -0.4 is 44.8 Å². The summed E-state index contributed by atoms with van der Waals surface area (Å²) in [6.07, 6.45) is 6.39. The van der Waals surface area contributed by atoms with E-state index in [4.69, 9.17) is 116 Å². The van der Waals surface area contributed by atoms with Crippen LogP contribution in [0, 0.1) is 71.8 Å². The Morgan fingerprint density at radius 3 is 1.09 bits per heavy atom. The fourth-order valence-electron chi connectivity index (χ4n) is 14.4. The fourth-order valence-corrected chi connectivity index (χ4v) is 15.9. The highest BCUT2D eigenvalue weighted by atomic mass is 35.5. The van der Waals surface area contributed by atoms with Crippen LogP contribution >= 0.6 is 58.0 Å². The molecule has 7 heterocycles. The van der Waals surface area contributed by atoms with Gasteiger partial charge in [-0.25, -0.2) is 19.2 Å². The number of hydrogen-bond acceptors (Lipinski definition) is 28. The number of halogens is 5. The minimum atomic E-state index is -3.41. The van der Waals surface area contributed by atoms with Crippen LogP contribution in [0.25, 0.3) is 0 Å². The summed E-state index contributed by atoms with van der Waals surface area (Å²) in [4.78, 5) is 89.8. The summed E-state index contributed by atoms with van der Waals surface area (Å²) in [6.45, 7) is 31.5. The minimum absolute atomic E-state index is 0.0407. The molecule has 6 aromatic carbocycles. The van der Waals surface area contributed by atoms with Crippen molar-refractivity contribution in [3.8, 4) is 34.5 Å². The molecule has 7 aliphatic heterocycles. The number of amides is 4. The number of nitro benzene ring substituents is 3. The Hall–Kier alpha value is -9.44. The van der Waals surface area contributed by atoms with Crippen LogP contribution in [0.3, 0.4) is 0 Å². The molecular formula is C91H127Cl5N12O23S. The van der Waals surface area contributed by atoms with E-state index in [0.717, 1.165) is 109 Å². The average molecular weight is 1970 g/mol. The molecule has 41 heteroatoms. The van der Waals surface area contributed by atoms with Crippen LogP contribution in [-0.2, 0) is 28.5 Å². The molecule has 0 aliphatic carbocycles. The van der Waals surface area contributed by atoms with Crippen molar-refractivity contribution in [1.82, 2.24) is 34.7 Å². The molecule has 0 aromatic heterocycles. The maximum absolute atomic E-state index is 12.0. The molecule has 0 radical (unpaired) electrons. The predicted molar refractivity (Wildman–Crippen MR) is 509 cm³/mol. The van der Waals surface area contributed by atoms with Gasteiger partial charge in [-0.3, -0.25) is 39.8 Å². The van der Waals surface area contributed by atoms with Crippen molar-refractivity contribution in [2.24, 2.45) is 41.4 Å². The van der Waals surface area contributed by atoms with Gasteiger partial charge >= 0.3 is 24.4 Å². The fraction of sp³-hybridized carbons (Fsp3) is 0.560. The third-order valence-corrected chi connectivity index (χ3v) is 22.5. The number of carbonyl (C=O) groups is 4. The minimum Gasteiger partial charge on any atom is -0.493 e. The molecule has 0 saturated carbocycles. The van der Waals surface area contributed by atoms with Crippen LogP contribution in [0.5, 0.6) is 34.5 Å². The van der Waals surface area contributed by atoms with Gasteiger partial charge in [0.05, 0.1) is 93.9 Å². The second kappa shape index (κ2) is 53.0. The van der Waals surface area contributed by atoms with Crippen molar-refractivity contribution < 1.29 is 94.3 Å². The van der Waals surface area contributed by atoms with Gasteiger partial charge in [0.1, 0.15) is 51.3 Å². The molecule has 6 aromatic rings. The zero-order valence-corrected chi connectivity index (χ0v) is 81.8. The van der Waals surface area contributed by atoms with E-state index in [1.165, 1.54) is 48.9 Å². The quantitative estimate of drug-likeness (QED) is 0.0144. The molecule has 35 nitrogen and oxygen atoms in total. The van der Waals surface area contributed by atoms with Crippen LogP contribution in [0.1, 0.15) is 107 Å². The van der Waals surface area contributed by atoms with Gasteiger partial charge in [0.15, 0.2) is 0 Å². The molecule has 7 aliphatic rings. The number of nitro groups is 3. The van der Waals surface area contributed by atoms with E-state index in [2.05, 4.69) is 46.5 Å². The Bertz CT molecular complexity index is 4820. The molecule has 730 valence electrons. The number of nitrogens with one attached hydrogen (secondary N) is 2. The molecule has 7 atom stereocenters. The summed E-state index contributed by atoms with van der Waals surface area (Å²) in [6, 6.07) is 32.1. The van der Waals surface area contributed by atoms with E-state index in [9.17, 15) is 57.9 Å². The first-order valence-electron chi connectivity index (χ1n) is 43.6. The number of nitrogens with two attached hydrogens (primary N) is 1. The molecule has 4 amide bonds. The second-order valence-corrected chi connectivity index (χ2v) is 40.3. The number of likely N-dealkylation sites (tertiary alicyclic amines) is 6. The molecule has 0 bridgehead atoms. The normalized spacial score (nSPS) is 19.5. The molecule has 7 saturated heterocycles. The van der Waals surface area contributed by atoms with Gasteiger partial charge in [-0.2, -0.15) is 8.42 Å². The lowest BCUT2D eigenvalue weighted by Gasteiger charge is -2.24. The zero-order chi connectivity index (χ0) is 97.2. The number of carbonyl (C=O) groups excluding carboxylic acids is 4. The zero-order valence-electron chi connectivity index (χ0n) is 77.2. The number of hydrogen-bond donors (Lipinski definition) is 4. The SMILES string of the molecule is CC(C)(C)OC(=O)N1CCC(CO)C1.CC(C)(C)OC(=O)N1CCC(COS(C)(=O)=O)C1.CC(C)(C)OC(=O)N1CCC(COc2cc(Cl)cc([N+](=O)[O-])c2)C1.CN1CCC(COc2cc(Cl)cc(NC(=O)Oc3ccccc3)c2)C1.CN1CCC(COc2cc(Cl)cc([N+](=O)[O-])c2)C1.CN1CCC(COc2cc(N)cc(Cl)c2)C1.O=[N+]([O-])c1cc(Cl)cc(OCC2CCNC2)c1. The maximum atomic E-state index is 12.0. The summed E-state index contributed by atoms with van der Waals surface area (Å²) in [5.74, 6) is 5.64. The first-order valence-corrected chi connectivity index (χ1v) is 47.3. The largest absolute Gasteiger partial charge is 0.493 e. The van der Waals surface area contributed by atoms with Gasteiger partial charge in [0.25, 0.3) is 27.2 Å². The maximum Gasteiger partial charge on any atom is 0.417 e. The van der Waals surface area contributed by atoms with E-state index in [-0.39, 0.29) is 71.3 Å². The predicted octanol–water partition coefficient (Wildman–Crippen LogP) is 17.7. The standard InChI is InChI=1S/C19H21ClN2O3.C16H21ClN2O5.C12H15ClN2O3.C12H17ClN2O.C11H13ClN2O3.C11H21NO5S.C10H19NO3/c1-22-8-7-14(12-22)13-24-18-10-15(20)9-16(11-18)21-19(23)25-17-5-3-2-4-6-17;1-16(2,3)24-15(20)18-5-4-11(9-18)10-23-14-7-12(17)6-13(8-14)19(21)22;1-14-3-2-9(7-14)8-18-12-5-10(13)4-11(6-12)15(16)17;1-15-3-2-9(7-15)8-16-12-5-10(13)4-11(14)6-12;12-9-3-10(14(15)16)5-11(4-9)17-7-8-1-2-13-6-8;1-11(2,3)17-10(13)12-6-5-9(7-12)8-16-18(4,14)15;1-10(2,3)14-9(13)11-5-4-8(6-11)7-12/h2-6,9-11,14H,7-8,12-13H2,1H3,(H,21,23);6-8,11H,4-5,9-10H2,1-3H3;4-6,9H,2-3,7-8H2,1H3;4-6,9H,2-3,7-8,14H2,1H3;3-5,8,13H,1-2,6-7H2;9H,5-8H2,1-4H3;8,12H,4-7H2,1-3H3. The summed E-state index contributed by atoms with van der Waals surface area (Å²) in [5.41, 5.74) is 5.20. The molecule has 7 unspecified atom stereocenters. The van der Waals surface area contributed by atoms with Crippen molar-refractivity contribution >= 4 is 121 Å². The smallest absolute Gasteiger partial charge is 0.417 e. The molecule has 0 spiro atoms. The van der Waals surface area contributed by atoms with Gasteiger partial charge in [0.2, 0.25) is 0 Å². The van der Waals surface area contributed by atoms with Crippen molar-refractivity contribution in [2.45, 2.75) is 124 Å². The second-order valence-electron chi connectivity index (χ2n) is 36.5. The van der Waals surface area contributed by atoms with Crippen LogP contribution in [0.4, 0.5) is 47.6 Å². The number of aliphatic hydroxyl groups is 1. The first kappa shape index (κ1) is 110. The number of non-ortho nitro benzene ring substituents is 3. The van der Waals surface area contributed by atoms with Gasteiger partial charge in [0, 0.05) is 165 Å². The van der Waals surface area contributed by atoms with E-state index in [1.807, 2.05) is 74.4 Å². The van der Waals surface area contributed by atoms with E-state index in [1.54, 1.807) is 81.4 Å². The number of anilines is 2. The third kappa shape index (κ3) is 43.3.